The summed E-state index contributed by atoms with van der Waals surface area (Å²) in [6, 6.07) is 20.1. The third-order valence-corrected chi connectivity index (χ3v) is 5.53. The van der Waals surface area contributed by atoms with Crippen molar-refractivity contribution in [1.82, 2.24) is 19.7 Å². The van der Waals surface area contributed by atoms with Crippen molar-refractivity contribution in [2.75, 3.05) is 14.1 Å². The first-order valence-electron chi connectivity index (χ1n) is 8.99. The normalized spacial score (nSPS) is 12.0. The van der Waals surface area contributed by atoms with Crippen LogP contribution in [0.4, 0.5) is 0 Å². The summed E-state index contributed by atoms with van der Waals surface area (Å²) in [6.07, 6.45) is 0.722. The van der Waals surface area contributed by atoms with Gasteiger partial charge in [-0.1, -0.05) is 72.4 Å². The number of nitrogens with zero attached hydrogens (tertiary/aromatic N) is 4. The van der Waals surface area contributed by atoms with E-state index in [-0.39, 0.29) is 11.2 Å². The Kier molecular flexibility index (Phi) is 6.29. The summed E-state index contributed by atoms with van der Waals surface area (Å²) in [5.41, 5.74) is 2.16. The fourth-order valence-corrected chi connectivity index (χ4v) is 4.13. The number of hydrogen-bond donors (Lipinski definition) is 0. The first kappa shape index (κ1) is 19.2. The van der Waals surface area contributed by atoms with E-state index in [0.717, 1.165) is 29.5 Å². The summed E-state index contributed by atoms with van der Waals surface area (Å²) in [7, 11) is 3.56. The minimum atomic E-state index is -0.347. The molecular weight excluding hydrogens is 356 g/mol. The zero-order chi connectivity index (χ0) is 19.2. The first-order valence-corrected chi connectivity index (χ1v) is 9.87. The van der Waals surface area contributed by atoms with Crippen LogP contribution in [0.25, 0.3) is 0 Å². The lowest BCUT2D eigenvalue weighted by Crippen LogP contribution is -2.27. The van der Waals surface area contributed by atoms with Gasteiger partial charge in [-0.15, -0.1) is 10.2 Å². The molecule has 1 atom stereocenters. The van der Waals surface area contributed by atoms with Crippen LogP contribution in [-0.4, -0.2) is 39.7 Å². The van der Waals surface area contributed by atoms with Crippen LogP contribution >= 0.6 is 11.8 Å². The van der Waals surface area contributed by atoms with E-state index in [1.165, 1.54) is 17.3 Å². The molecule has 0 saturated heterocycles. The molecule has 3 rings (SSSR count). The van der Waals surface area contributed by atoms with Crippen molar-refractivity contribution in [2.24, 2.45) is 0 Å². The molecule has 3 aromatic rings. The second kappa shape index (κ2) is 8.86. The van der Waals surface area contributed by atoms with Crippen LogP contribution in [0.2, 0.25) is 0 Å². The van der Waals surface area contributed by atoms with Crippen molar-refractivity contribution in [2.45, 2.75) is 30.3 Å². The van der Waals surface area contributed by atoms with E-state index in [1.54, 1.807) is 19.0 Å². The van der Waals surface area contributed by atoms with Gasteiger partial charge in [0, 0.05) is 27.1 Å². The second-order valence-electron chi connectivity index (χ2n) is 6.45. The Morgan fingerprint density at radius 2 is 1.67 bits per heavy atom. The predicted octanol–water partition coefficient (Wildman–Crippen LogP) is 3.81. The molecule has 0 saturated carbocycles. The summed E-state index contributed by atoms with van der Waals surface area (Å²) >= 11 is 1.46. The molecule has 0 unspecified atom stereocenters. The molecule has 1 amide bonds. The zero-order valence-corrected chi connectivity index (χ0v) is 16.7. The third kappa shape index (κ3) is 4.57. The van der Waals surface area contributed by atoms with Gasteiger partial charge >= 0.3 is 0 Å². The Balaban J connectivity index is 1.89. The maximum Gasteiger partial charge on any atom is 0.240 e. The number of aromatic nitrogens is 3. The van der Waals surface area contributed by atoms with Gasteiger partial charge in [-0.25, -0.2) is 0 Å². The van der Waals surface area contributed by atoms with Crippen molar-refractivity contribution in [1.29, 1.82) is 0 Å². The Bertz CT molecular complexity index is 878. The zero-order valence-electron chi connectivity index (χ0n) is 15.9. The second-order valence-corrected chi connectivity index (χ2v) is 7.52. The van der Waals surface area contributed by atoms with Crippen LogP contribution in [0.3, 0.4) is 0 Å². The van der Waals surface area contributed by atoms with Gasteiger partial charge in [0.1, 0.15) is 11.1 Å². The molecule has 0 bridgehead atoms. The van der Waals surface area contributed by atoms with Gasteiger partial charge in [0.15, 0.2) is 5.16 Å². The predicted molar refractivity (Wildman–Crippen MR) is 109 cm³/mol. The quantitative estimate of drug-likeness (QED) is 0.585. The Hall–Kier alpha value is -2.60. The van der Waals surface area contributed by atoms with E-state index in [1.807, 2.05) is 48.5 Å². The number of hydrogen-bond acceptors (Lipinski definition) is 4. The highest BCUT2D eigenvalue weighted by Gasteiger charge is 2.26. The molecule has 27 heavy (non-hydrogen) atoms. The molecule has 0 aliphatic carbocycles. The lowest BCUT2D eigenvalue weighted by molar-refractivity contribution is -0.128. The molecule has 0 N–H and O–H groups in total. The highest BCUT2D eigenvalue weighted by atomic mass is 32.2. The lowest BCUT2D eigenvalue weighted by Gasteiger charge is -2.20. The largest absolute Gasteiger partial charge is 0.348 e. The molecule has 2 aromatic carbocycles. The Morgan fingerprint density at radius 1 is 1.04 bits per heavy atom. The fraction of sp³-hybridized carbons (Fsp3) is 0.286. The van der Waals surface area contributed by atoms with Crippen LogP contribution in [0, 0.1) is 0 Å². The summed E-state index contributed by atoms with van der Waals surface area (Å²) in [5, 5.41) is 9.22. The number of likely N-dealkylation sites (N-methyl/N-ethyl adjacent to an activating group) is 1. The highest BCUT2D eigenvalue weighted by Crippen LogP contribution is 2.36. The first-order chi connectivity index (χ1) is 13.1. The van der Waals surface area contributed by atoms with E-state index >= 15 is 0 Å². The third-order valence-electron chi connectivity index (χ3n) is 4.31. The molecule has 1 heterocycles. The van der Waals surface area contributed by atoms with Crippen molar-refractivity contribution in [3.63, 3.8) is 0 Å². The smallest absolute Gasteiger partial charge is 0.240 e. The van der Waals surface area contributed by atoms with Crippen molar-refractivity contribution in [3.05, 3.63) is 77.6 Å². The number of rotatable bonds is 7. The van der Waals surface area contributed by atoms with Gasteiger partial charge in [-0.2, -0.15) is 0 Å². The van der Waals surface area contributed by atoms with Gasteiger partial charge in [0.25, 0.3) is 0 Å². The van der Waals surface area contributed by atoms with Crippen LogP contribution in [0.15, 0.2) is 65.8 Å². The van der Waals surface area contributed by atoms with Crippen LogP contribution in [0.5, 0.6) is 0 Å². The van der Waals surface area contributed by atoms with E-state index in [4.69, 9.17) is 0 Å². The average Bonchev–Trinajstić information content (AvgIpc) is 3.08. The SMILES string of the molecule is CCn1c(Cc2ccccc2)nnc1S[C@@H](C(=O)N(C)C)c1ccccc1. The van der Waals surface area contributed by atoms with Gasteiger partial charge in [-0.3, -0.25) is 4.79 Å². The average molecular weight is 381 g/mol. The standard InChI is InChI=1S/C21H24N4OS/c1-4-25-18(15-16-11-7-5-8-12-16)22-23-21(25)27-19(20(26)24(2)3)17-13-9-6-10-14-17/h5-14,19H,4,15H2,1-3H3/t19-/m1/s1. The molecule has 0 spiro atoms. The molecule has 0 aliphatic heterocycles. The molecule has 0 fully saturated rings. The molecule has 0 radical (unpaired) electrons. The van der Waals surface area contributed by atoms with Gasteiger partial charge < -0.3 is 9.47 Å². The van der Waals surface area contributed by atoms with Gasteiger partial charge in [-0.05, 0) is 18.1 Å². The van der Waals surface area contributed by atoms with E-state index in [0.29, 0.717) is 0 Å². The molecule has 5 nitrogen and oxygen atoms in total. The van der Waals surface area contributed by atoms with E-state index < -0.39 is 0 Å². The number of thioether (sulfide) groups is 1. The highest BCUT2D eigenvalue weighted by molar-refractivity contribution is 8.00. The van der Waals surface area contributed by atoms with E-state index in [2.05, 4.69) is 33.8 Å². The number of benzene rings is 2. The van der Waals surface area contributed by atoms with Crippen molar-refractivity contribution >= 4 is 17.7 Å². The summed E-state index contributed by atoms with van der Waals surface area (Å²) in [5.74, 6) is 0.955. The van der Waals surface area contributed by atoms with Crippen LogP contribution in [0.1, 0.15) is 29.1 Å². The Morgan fingerprint density at radius 3 is 2.26 bits per heavy atom. The topological polar surface area (TPSA) is 51.0 Å². The fourth-order valence-electron chi connectivity index (χ4n) is 2.86. The number of amides is 1. The summed E-state index contributed by atoms with van der Waals surface area (Å²) in [6.45, 7) is 2.84. The number of carbonyl (C=O) groups excluding carboxylic acids is 1. The van der Waals surface area contributed by atoms with Crippen LogP contribution < -0.4 is 0 Å². The molecule has 6 heteroatoms. The molecule has 0 aliphatic rings. The Labute approximate surface area is 164 Å². The summed E-state index contributed by atoms with van der Waals surface area (Å²) < 4.78 is 2.09. The maximum atomic E-state index is 12.8. The molecule has 1 aromatic heterocycles. The van der Waals surface area contributed by atoms with Gasteiger partial charge in [0.05, 0.1) is 0 Å². The lowest BCUT2D eigenvalue weighted by atomic mass is 10.1. The van der Waals surface area contributed by atoms with Crippen molar-refractivity contribution in [3.8, 4) is 0 Å². The van der Waals surface area contributed by atoms with E-state index in [9.17, 15) is 4.79 Å². The minimum Gasteiger partial charge on any atom is -0.348 e. The molecular formula is C21H24N4OS. The minimum absolute atomic E-state index is 0.0430. The molecule has 140 valence electrons. The van der Waals surface area contributed by atoms with Gasteiger partial charge in [0.2, 0.25) is 5.91 Å². The number of carbonyl (C=O) groups is 1. The van der Waals surface area contributed by atoms with Crippen molar-refractivity contribution < 1.29 is 4.79 Å². The monoisotopic (exact) mass is 380 g/mol. The summed E-state index contributed by atoms with van der Waals surface area (Å²) in [4.78, 5) is 14.4. The maximum absolute atomic E-state index is 12.8. The van der Waals surface area contributed by atoms with Crippen LogP contribution in [-0.2, 0) is 17.8 Å².